The summed E-state index contributed by atoms with van der Waals surface area (Å²) in [6.07, 6.45) is 6.08. The van der Waals surface area contributed by atoms with Gasteiger partial charge in [0, 0.05) is 6.04 Å². The Kier molecular flexibility index (Phi) is 7.45. The van der Waals surface area contributed by atoms with E-state index in [1.165, 1.54) is 48.3 Å². The average Bonchev–Trinajstić information content (AvgIpc) is 2.52. The van der Waals surface area contributed by atoms with E-state index in [4.69, 9.17) is 4.74 Å². The Morgan fingerprint density at radius 2 is 2.24 bits per heavy atom. The smallest absolute Gasteiger partial charge is 0.119 e. The number of aryl methyl sites for hydroxylation is 1. The van der Waals surface area contributed by atoms with Gasteiger partial charge >= 0.3 is 0 Å². The molecule has 2 rings (SSSR count). The van der Waals surface area contributed by atoms with Gasteiger partial charge in [0.15, 0.2) is 0 Å². The normalized spacial score (nSPS) is 17.5. The highest BCUT2D eigenvalue weighted by molar-refractivity contribution is 7.99. The molecule has 0 saturated heterocycles. The molecular weight excluding hydrogens is 278 g/mol. The van der Waals surface area contributed by atoms with Crippen LogP contribution in [0.15, 0.2) is 18.2 Å². The van der Waals surface area contributed by atoms with Gasteiger partial charge < -0.3 is 10.1 Å². The standard InChI is InChI=1S/C18H29NOS/c1-3-11-19-18-8-5-7-15-14-16(9-10-17(15)18)20-12-6-13-21-4-2/h9-10,14,18-19H,3-8,11-13H2,1-2H3. The summed E-state index contributed by atoms with van der Waals surface area (Å²) in [7, 11) is 0. The van der Waals surface area contributed by atoms with Crippen molar-refractivity contribution in [1.29, 1.82) is 0 Å². The van der Waals surface area contributed by atoms with E-state index in [1.54, 1.807) is 0 Å². The van der Waals surface area contributed by atoms with Gasteiger partial charge in [0.05, 0.1) is 6.61 Å². The molecule has 1 atom stereocenters. The van der Waals surface area contributed by atoms with Crippen molar-refractivity contribution >= 4 is 11.8 Å². The van der Waals surface area contributed by atoms with E-state index in [0.717, 1.165) is 25.3 Å². The molecule has 1 aromatic carbocycles. The summed E-state index contributed by atoms with van der Waals surface area (Å²) in [6.45, 7) is 6.38. The minimum atomic E-state index is 0.545. The van der Waals surface area contributed by atoms with Crippen molar-refractivity contribution in [2.75, 3.05) is 24.7 Å². The van der Waals surface area contributed by atoms with Gasteiger partial charge in [-0.1, -0.05) is 19.9 Å². The molecule has 0 amide bonds. The Morgan fingerprint density at radius 3 is 3.05 bits per heavy atom. The lowest BCUT2D eigenvalue weighted by atomic mass is 9.87. The Hall–Kier alpha value is -0.670. The van der Waals surface area contributed by atoms with Crippen molar-refractivity contribution < 1.29 is 4.74 Å². The van der Waals surface area contributed by atoms with Crippen molar-refractivity contribution in [3.8, 4) is 5.75 Å². The van der Waals surface area contributed by atoms with E-state index in [-0.39, 0.29) is 0 Å². The van der Waals surface area contributed by atoms with Gasteiger partial charge in [-0.3, -0.25) is 0 Å². The summed E-state index contributed by atoms with van der Waals surface area (Å²) in [4.78, 5) is 0. The van der Waals surface area contributed by atoms with E-state index >= 15 is 0 Å². The van der Waals surface area contributed by atoms with E-state index < -0.39 is 0 Å². The number of benzene rings is 1. The lowest BCUT2D eigenvalue weighted by molar-refractivity contribution is 0.317. The fraction of sp³-hybridized carbons (Fsp3) is 0.667. The van der Waals surface area contributed by atoms with Crippen LogP contribution in [0.25, 0.3) is 0 Å². The quantitative estimate of drug-likeness (QED) is 0.674. The van der Waals surface area contributed by atoms with Crippen LogP contribution in [0.1, 0.15) is 56.7 Å². The Morgan fingerprint density at radius 1 is 1.33 bits per heavy atom. The fourth-order valence-electron chi connectivity index (χ4n) is 2.91. The number of fused-ring (bicyclic) bond motifs is 1. The second kappa shape index (κ2) is 9.37. The zero-order valence-electron chi connectivity index (χ0n) is 13.5. The Balaban J connectivity index is 1.89. The first-order valence-electron chi connectivity index (χ1n) is 8.42. The molecule has 0 spiro atoms. The third kappa shape index (κ3) is 5.23. The molecule has 1 aliphatic rings. The monoisotopic (exact) mass is 307 g/mol. The summed E-state index contributed by atoms with van der Waals surface area (Å²) in [5.41, 5.74) is 2.97. The largest absolute Gasteiger partial charge is 0.494 e. The summed E-state index contributed by atoms with van der Waals surface area (Å²) in [5.74, 6) is 3.45. The molecule has 0 heterocycles. The van der Waals surface area contributed by atoms with Crippen molar-refractivity contribution in [1.82, 2.24) is 5.32 Å². The summed E-state index contributed by atoms with van der Waals surface area (Å²) in [5, 5.41) is 3.67. The van der Waals surface area contributed by atoms with Crippen LogP contribution in [0, 0.1) is 0 Å². The van der Waals surface area contributed by atoms with Gasteiger partial charge in [-0.2, -0.15) is 11.8 Å². The summed E-state index contributed by atoms with van der Waals surface area (Å²) < 4.78 is 5.90. The molecule has 1 N–H and O–H groups in total. The maximum atomic E-state index is 5.90. The van der Waals surface area contributed by atoms with Crippen LogP contribution in [-0.4, -0.2) is 24.7 Å². The van der Waals surface area contributed by atoms with Gasteiger partial charge in [0.2, 0.25) is 0 Å². The van der Waals surface area contributed by atoms with Crippen LogP contribution in [0.5, 0.6) is 5.75 Å². The number of thioether (sulfide) groups is 1. The molecule has 0 aromatic heterocycles. The highest BCUT2D eigenvalue weighted by Crippen LogP contribution is 2.32. The number of nitrogens with one attached hydrogen (secondary N) is 1. The highest BCUT2D eigenvalue weighted by atomic mass is 32.2. The van der Waals surface area contributed by atoms with Crippen molar-refractivity contribution in [2.24, 2.45) is 0 Å². The molecule has 0 radical (unpaired) electrons. The summed E-state index contributed by atoms with van der Waals surface area (Å²) in [6, 6.07) is 7.24. The van der Waals surface area contributed by atoms with Crippen molar-refractivity contribution in [3.63, 3.8) is 0 Å². The second-order valence-corrected chi connectivity index (χ2v) is 7.05. The van der Waals surface area contributed by atoms with Gasteiger partial charge in [0.1, 0.15) is 5.75 Å². The van der Waals surface area contributed by atoms with Crippen LogP contribution < -0.4 is 10.1 Å². The molecule has 1 aliphatic carbocycles. The van der Waals surface area contributed by atoms with Crippen LogP contribution in [0.3, 0.4) is 0 Å². The molecule has 0 fully saturated rings. The van der Waals surface area contributed by atoms with Crippen molar-refractivity contribution in [2.45, 2.75) is 52.0 Å². The zero-order chi connectivity index (χ0) is 14.9. The highest BCUT2D eigenvalue weighted by Gasteiger charge is 2.19. The van der Waals surface area contributed by atoms with Crippen LogP contribution in [-0.2, 0) is 6.42 Å². The molecule has 1 unspecified atom stereocenters. The van der Waals surface area contributed by atoms with Crippen molar-refractivity contribution in [3.05, 3.63) is 29.3 Å². The van der Waals surface area contributed by atoms with Crippen LogP contribution in [0.4, 0.5) is 0 Å². The Labute approximate surface area is 134 Å². The number of ether oxygens (including phenoxy) is 1. The molecule has 1 aromatic rings. The minimum absolute atomic E-state index is 0.545. The molecule has 0 bridgehead atoms. The molecular formula is C18H29NOS. The van der Waals surface area contributed by atoms with E-state index in [2.05, 4.69) is 37.4 Å². The number of hydrogen-bond acceptors (Lipinski definition) is 3. The SMILES string of the molecule is CCCNC1CCCc2cc(OCCCSCC)ccc21. The third-order valence-electron chi connectivity index (χ3n) is 3.98. The average molecular weight is 308 g/mol. The molecule has 0 aliphatic heterocycles. The first-order chi connectivity index (χ1) is 10.3. The van der Waals surface area contributed by atoms with Gasteiger partial charge in [0.25, 0.3) is 0 Å². The summed E-state index contributed by atoms with van der Waals surface area (Å²) >= 11 is 1.99. The number of rotatable bonds is 9. The van der Waals surface area contributed by atoms with Crippen LogP contribution in [0.2, 0.25) is 0 Å². The molecule has 21 heavy (non-hydrogen) atoms. The van der Waals surface area contributed by atoms with E-state index in [0.29, 0.717) is 6.04 Å². The third-order valence-corrected chi connectivity index (χ3v) is 4.96. The molecule has 0 saturated carbocycles. The molecule has 118 valence electrons. The predicted octanol–water partition coefficient (Wildman–Crippen LogP) is 4.59. The van der Waals surface area contributed by atoms with Gasteiger partial charge in [-0.05, 0) is 73.4 Å². The first-order valence-corrected chi connectivity index (χ1v) is 9.57. The number of hydrogen-bond donors (Lipinski definition) is 1. The first kappa shape index (κ1) is 16.7. The fourth-order valence-corrected chi connectivity index (χ4v) is 3.52. The maximum Gasteiger partial charge on any atom is 0.119 e. The minimum Gasteiger partial charge on any atom is -0.494 e. The lowest BCUT2D eigenvalue weighted by Gasteiger charge is -2.27. The topological polar surface area (TPSA) is 21.3 Å². The molecule has 3 heteroatoms. The second-order valence-electron chi connectivity index (χ2n) is 5.66. The van der Waals surface area contributed by atoms with E-state index in [1.807, 2.05) is 11.8 Å². The zero-order valence-corrected chi connectivity index (χ0v) is 14.3. The van der Waals surface area contributed by atoms with E-state index in [9.17, 15) is 0 Å². The predicted molar refractivity (Wildman–Crippen MR) is 93.5 cm³/mol. The molecule has 2 nitrogen and oxygen atoms in total. The van der Waals surface area contributed by atoms with Crippen LogP contribution >= 0.6 is 11.8 Å². The lowest BCUT2D eigenvalue weighted by Crippen LogP contribution is -2.25. The van der Waals surface area contributed by atoms with Gasteiger partial charge in [-0.25, -0.2) is 0 Å². The Bertz CT molecular complexity index is 422. The van der Waals surface area contributed by atoms with Gasteiger partial charge in [-0.15, -0.1) is 0 Å². The maximum absolute atomic E-state index is 5.90.